The Hall–Kier alpha value is -3.09. The monoisotopic (exact) mass is 510 g/mol. The van der Waals surface area contributed by atoms with Crippen molar-refractivity contribution in [3.63, 3.8) is 0 Å². The molecule has 0 saturated carbocycles. The first-order valence-electron chi connectivity index (χ1n) is 11.6. The van der Waals surface area contributed by atoms with Gasteiger partial charge in [-0.05, 0) is 53.9 Å². The molecule has 8 heteroatoms. The molecule has 1 saturated heterocycles. The molecule has 0 unspecified atom stereocenters. The Morgan fingerprint density at radius 2 is 1.74 bits per heavy atom. The molecule has 0 bridgehead atoms. The van der Waals surface area contributed by atoms with Crippen LogP contribution in [0.1, 0.15) is 23.6 Å². The lowest BCUT2D eigenvalue weighted by Gasteiger charge is -2.41. The van der Waals surface area contributed by atoms with E-state index >= 15 is 0 Å². The summed E-state index contributed by atoms with van der Waals surface area (Å²) in [5.41, 5.74) is 2.75. The molecule has 1 aliphatic heterocycles. The molecule has 3 aromatic rings. The van der Waals surface area contributed by atoms with Crippen molar-refractivity contribution >= 4 is 35.1 Å². The zero-order valence-electron chi connectivity index (χ0n) is 19.6. The van der Waals surface area contributed by atoms with Gasteiger partial charge in [-0.3, -0.25) is 9.78 Å². The summed E-state index contributed by atoms with van der Waals surface area (Å²) in [6.07, 6.45) is 3.71. The van der Waals surface area contributed by atoms with Gasteiger partial charge in [0, 0.05) is 61.2 Å². The van der Waals surface area contributed by atoms with Crippen LogP contribution in [0.25, 0.3) is 0 Å². The van der Waals surface area contributed by atoms with Crippen molar-refractivity contribution in [3.8, 4) is 0 Å². The Morgan fingerprint density at radius 3 is 2.46 bits per heavy atom. The van der Waals surface area contributed by atoms with Crippen LogP contribution in [-0.4, -0.2) is 57.3 Å². The van der Waals surface area contributed by atoms with Crippen LogP contribution in [0, 0.1) is 0 Å². The summed E-state index contributed by atoms with van der Waals surface area (Å²) < 4.78 is 0. The highest BCUT2D eigenvalue weighted by atomic mass is 35.5. The Bertz CT molecular complexity index is 1170. The number of nitrogens with zero attached hydrogens (tertiary/aromatic N) is 4. The molecule has 1 atom stereocenters. The predicted molar refractivity (Wildman–Crippen MR) is 138 cm³/mol. The molecule has 2 aromatic carbocycles. The Kier molecular flexibility index (Phi) is 8.26. The molecule has 0 aliphatic carbocycles. The van der Waals surface area contributed by atoms with E-state index in [0.717, 1.165) is 16.7 Å². The molecule has 0 N–H and O–H groups in total. The first-order valence-corrected chi connectivity index (χ1v) is 12.4. The number of urea groups is 1. The third-order valence-corrected chi connectivity index (χ3v) is 6.78. The second kappa shape index (κ2) is 11.6. The molecule has 0 spiro atoms. The van der Waals surface area contributed by atoms with Gasteiger partial charge in [0.05, 0.1) is 6.42 Å². The highest BCUT2D eigenvalue weighted by Gasteiger charge is 2.32. The fourth-order valence-corrected chi connectivity index (χ4v) is 4.77. The summed E-state index contributed by atoms with van der Waals surface area (Å²) in [5.74, 6) is 0.0580. The zero-order chi connectivity index (χ0) is 24.8. The Labute approximate surface area is 216 Å². The van der Waals surface area contributed by atoms with Crippen LogP contribution in [0.4, 0.5) is 4.79 Å². The molecular weight excluding hydrogens is 483 g/mol. The summed E-state index contributed by atoms with van der Waals surface area (Å²) in [6, 6.07) is 18.6. The van der Waals surface area contributed by atoms with Gasteiger partial charge >= 0.3 is 6.03 Å². The van der Waals surface area contributed by atoms with Crippen LogP contribution in [0.2, 0.25) is 10.0 Å². The lowest BCUT2D eigenvalue weighted by atomic mass is 10.1. The quantitative estimate of drug-likeness (QED) is 0.452. The molecule has 182 valence electrons. The third kappa shape index (κ3) is 6.53. The van der Waals surface area contributed by atoms with Crippen molar-refractivity contribution in [1.82, 2.24) is 19.7 Å². The van der Waals surface area contributed by atoms with E-state index in [1.807, 2.05) is 77.4 Å². The summed E-state index contributed by atoms with van der Waals surface area (Å²) in [4.78, 5) is 36.1. The van der Waals surface area contributed by atoms with Gasteiger partial charge in [-0.25, -0.2) is 4.79 Å². The first-order chi connectivity index (χ1) is 16.9. The van der Waals surface area contributed by atoms with E-state index in [9.17, 15) is 9.59 Å². The number of piperazine rings is 1. The number of carbonyl (C=O) groups excluding carboxylic acids is 2. The van der Waals surface area contributed by atoms with Gasteiger partial charge in [-0.2, -0.15) is 0 Å². The third-order valence-electron chi connectivity index (χ3n) is 6.18. The number of carbonyl (C=O) groups is 2. The summed E-state index contributed by atoms with van der Waals surface area (Å²) in [5, 5.41) is 1.25. The van der Waals surface area contributed by atoms with Crippen LogP contribution >= 0.6 is 23.2 Å². The van der Waals surface area contributed by atoms with Crippen molar-refractivity contribution in [2.45, 2.75) is 32.5 Å². The van der Waals surface area contributed by atoms with Gasteiger partial charge < -0.3 is 14.7 Å². The molecule has 6 nitrogen and oxygen atoms in total. The van der Waals surface area contributed by atoms with Crippen LogP contribution in [0.15, 0.2) is 73.1 Å². The second-order valence-corrected chi connectivity index (χ2v) is 9.62. The van der Waals surface area contributed by atoms with E-state index in [-0.39, 0.29) is 18.0 Å². The van der Waals surface area contributed by atoms with Crippen LogP contribution < -0.4 is 0 Å². The Balaban J connectivity index is 1.46. The van der Waals surface area contributed by atoms with Gasteiger partial charge in [0.2, 0.25) is 5.91 Å². The van der Waals surface area contributed by atoms with Crippen molar-refractivity contribution < 1.29 is 9.59 Å². The molecular formula is C27H28Cl2N4O2. The van der Waals surface area contributed by atoms with E-state index in [0.29, 0.717) is 49.2 Å². The van der Waals surface area contributed by atoms with Crippen molar-refractivity contribution in [1.29, 1.82) is 0 Å². The van der Waals surface area contributed by atoms with Crippen LogP contribution in [-0.2, 0) is 24.3 Å². The highest BCUT2D eigenvalue weighted by Crippen LogP contribution is 2.22. The number of halogens is 2. The molecule has 2 heterocycles. The van der Waals surface area contributed by atoms with E-state index in [1.54, 1.807) is 17.3 Å². The van der Waals surface area contributed by atoms with Crippen molar-refractivity contribution in [2.75, 3.05) is 19.6 Å². The summed E-state index contributed by atoms with van der Waals surface area (Å²) in [7, 11) is 0. The minimum absolute atomic E-state index is 0.0580. The zero-order valence-corrected chi connectivity index (χ0v) is 21.1. The fourth-order valence-electron chi connectivity index (χ4n) is 4.36. The number of hydrogen-bond donors (Lipinski definition) is 0. The maximum atomic E-state index is 13.7. The predicted octanol–water partition coefficient (Wildman–Crippen LogP) is 5.29. The van der Waals surface area contributed by atoms with Crippen molar-refractivity contribution in [2.24, 2.45) is 0 Å². The second-order valence-electron chi connectivity index (χ2n) is 8.77. The topological polar surface area (TPSA) is 56.8 Å². The molecule has 1 aromatic heterocycles. The van der Waals surface area contributed by atoms with E-state index in [1.165, 1.54) is 0 Å². The smallest absolute Gasteiger partial charge is 0.320 e. The maximum absolute atomic E-state index is 13.7. The number of pyridine rings is 1. The van der Waals surface area contributed by atoms with Gasteiger partial charge in [0.15, 0.2) is 0 Å². The Morgan fingerprint density at radius 1 is 0.971 bits per heavy atom. The standard InChI is InChI=1S/C27H28Cl2N4O2/c1-20-17-31(13-14-33(20)26(34)16-21-9-11-30-12-10-21)27(35)32(18-22-5-4-7-24(28)15-22)19-23-6-2-3-8-25(23)29/h2-12,15,20H,13-14,16-19H2,1H3/t20-/m1/s1. The maximum Gasteiger partial charge on any atom is 0.320 e. The lowest BCUT2D eigenvalue weighted by molar-refractivity contribution is -0.134. The molecule has 0 radical (unpaired) electrons. The summed E-state index contributed by atoms with van der Waals surface area (Å²) in [6.45, 7) is 4.20. The number of aromatic nitrogens is 1. The molecule has 35 heavy (non-hydrogen) atoms. The highest BCUT2D eigenvalue weighted by molar-refractivity contribution is 6.31. The van der Waals surface area contributed by atoms with Gasteiger partial charge in [0.25, 0.3) is 0 Å². The number of rotatable bonds is 6. The van der Waals surface area contributed by atoms with Gasteiger partial charge in [-0.1, -0.05) is 53.5 Å². The number of amides is 3. The minimum Gasteiger partial charge on any atom is -0.336 e. The first kappa shape index (κ1) is 25.0. The normalized spacial score (nSPS) is 15.7. The van der Waals surface area contributed by atoms with E-state index in [2.05, 4.69) is 4.98 Å². The number of hydrogen-bond acceptors (Lipinski definition) is 3. The molecule has 4 rings (SSSR count). The number of benzene rings is 2. The lowest BCUT2D eigenvalue weighted by Crippen LogP contribution is -2.57. The average Bonchev–Trinajstić information content (AvgIpc) is 2.85. The van der Waals surface area contributed by atoms with Gasteiger partial charge in [0.1, 0.15) is 0 Å². The van der Waals surface area contributed by atoms with Crippen LogP contribution in [0.3, 0.4) is 0 Å². The van der Waals surface area contributed by atoms with Gasteiger partial charge in [-0.15, -0.1) is 0 Å². The molecule has 1 fully saturated rings. The van der Waals surface area contributed by atoms with Crippen LogP contribution in [0.5, 0.6) is 0 Å². The van der Waals surface area contributed by atoms with E-state index in [4.69, 9.17) is 23.2 Å². The molecule has 1 aliphatic rings. The minimum atomic E-state index is -0.0876. The summed E-state index contributed by atoms with van der Waals surface area (Å²) >= 11 is 12.6. The fraction of sp³-hybridized carbons (Fsp3) is 0.296. The SMILES string of the molecule is C[C@@H]1CN(C(=O)N(Cc2cccc(Cl)c2)Cc2ccccc2Cl)CCN1C(=O)Cc1ccncc1. The molecule has 3 amide bonds. The average molecular weight is 511 g/mol. The largest absolute Gasteiger partial charge is 0.336 e. The van der Waals surface area contributed by atoms with Crippen molar-refractivity contribution in [3.05, 3.63) is 99.8 Å². The van der Waals surface area contributed by atoms with E-state index < -0.39 is 0 Å².